The molecule has 0 saturated carbocycles. The fraction of sp³-hybridized carbons (Fsp3) is 0.238. The number of nitrogens with one attached hydrogen (secondary N) is 2. The molecular formula is C21H17Cl2F3N4O2. The number of rotatable bonds is 4. The Hall–Kier alpha value is -2.91. The van der Waals surface area contributed by atoms with E-state index in [1.807, 2.05) is 0 Å². The second kappa shape index (κ2) is 8.55. The summed E-state index contributed by atoms with van der Waals surface area (Å²) in [6.45, 7) is 0. The van der Waals surface area contributed by atoms with Crippen LogP contribution in [0.5, 0.6) is 5.75 Å². The van der Waals surface area contributed by atoms with Crippen LogP contribution >= 0.6 is 23.2 Å². The van der Waals surface area contributed by atoms with Crippen molar-refractivity contribution in [1.29, 1.82) is 0 Å². The highest BCUT2D eigenvalue weighted by atomic mass is 35.5. The van der Waals surface area contributed by atoms with Gasteiger partial charge in [-0.2, -0.15) is 18.3 Å². The molecule has 0 fully saturated rings. The van der Waals surface area contributed by atoms with E-state index in [1.54, 1.807) is 24.3 Å². The first-order valence-electron chi connectivity index (χ1n) is 9.48. The Morgan fingerprint density at radius 1 is 1.22 bits per heavy atom. The number of fused-ring (bicyclic) bond motifs is 1. The van der Waals surface area contributed by atoms with Crippen molar-refractivity contribution in [3.05, 3.63) is 69.8 Å². The van der Waals surface area contributed by atoms with Crippen molar-refractivity contribution in [2.24, 2.45) is 0 Å². The summed E-state index contributed by atoms with van der Waals surface area (Å²) in [4.78, 5) is 12.9. The number of aromatic nitrogens is 2. The second-order valence-electron chi connectivity index (χ2n) is 7.20. The number of benzene rings is 2. The van der Waals surface area contributed by atoms with Crippen LogP contribution in [0.15, 0.2) is 48.7 Å². The number of carbonyl (C=O) groups excluding carboxylic acids is 1. The first-order valence-corrected chi connectivity index (χ1v) is 10.2. The average molecular weight is 485 g/mol. The lowest BCUT2D eigenvalue weighted by Gasteiger charge is -2.34. The molecule has 0 spiro atoms. The second-order valence-corrected chi connectivity index (χ2v) is 8.02. The molecule has 32 heavy (non-hydrogen) atoms. The number of hydrogen-bond acceptors (Lipinski definition) is 4. The van der Waals surface area contributed by atoms with Crippen molar-refractivity contribution < 1.29 is 22.7 Å². The highest BCUT2D eigenvalue weighted by molar-refractivity contribution is 6.42. The van der Waals surface area contributed by atoms with E-state index in [4.69, 9.17) is 27.9 Å². The van der Waals surface area contributed by atoms with Gasteiger partial charge in [0.2, 0.25) is 0 Å². The van der Waals surface area contributed by atoms with Crippen molar-refractivity contribution in [3.8, 4) is 5.75 Å². The zero-order valence-electron chi connectivity index (χ0n) is 16.6. The fourth-order valence-electron chi connectivity index (χ4n) is 3.58. The molecule has 2 aromatic carbocycles. The number of carbonyl (C=O) groups is 1. The minimum absolute atomic E-state index is 0.0241. The molecule has 1 aromatic heterocycles. The predicted molar refractivity (Wildman–Crippen MR) is 116 cm³/mol. The topological polar surface area (TPSA) is 68.2 Å². The lowest BCUT2D eigenvalue weighted by atomic mass is 9.96. The molecule has 2 heterocycles. The lowest BCUT2D eigenvalue weighted by Crippen LogP contribution is -2.36. The lowest BCUT2D eigenvalue weighted by molar-refractivity contribution is -0.173. The monoisotopic (exact) mass is 484 g/mol. The summed E-state index contributed by atoms with van der Waals surface area (Å²) < 4.78 is 47.6. The van der Waals surface area contributed by atoms with Gasteiger partial charge in [-0.1, -0.05) is 35.3 Å². The van der Waals surface area contributed by atoms with Crippen LogP contribution in [-0.4, -0.2) is 29.0 Å². The van der Waals surface area contributed by atoms with Crippen LogP contribution in [0.4, 0.5) is 24.7 Å². The van der Waals surface area contributed by atoms with Gasteiger partial charge in [0, 0.05) is 12.1 Å². The van der Waals surface area contributed by atoms with Gasteiger partial charge in [0.1, 0.15) is 17.1 Å². The van der Waals surface area contributed by atoms with Crippen LogP contribution in [-0.2, 0) is 0 Å². The number of nitrogens with zero attached hydrogens (tertiary/aromatic N) is 2. The number of anilines is 2. The Kier molecular flexibility index (Phi) is 5.96. The van der Waals surface area contributed by atoms with Crippen molar-refractivity contribution in [1.82, 2.24) is 9.78 Å². The van der Waals surface area contributed by atoms with Crippen molar-refractivity contribution in [3.63, 3.8) is 0 Å². The van der Waals surface area contributed by atoms with Crippen molar-refractivity contribution in [2.75, 3.05) is 17.7 Å². The van der Waals surface area contributed by atoms with Gasteiger partial charge in [0.05, 0.1) is 29.4 Å². The van der Waals surface area contributed by atoms with Crippen molar-refractivity contribution >= 4 is 40.6 Å². The molecule has 6 nitrogen and oxygen atoms in total. The van der Waals surface area contributed by atoms with Crippen LogP contribution in [0.3, 0.4) is 0 Å². The van der Waals surface area contributed by atoms with E-state index in [2.05, 4.69) is 15.7 Å². The molecule has 4 rings (SSSR count). The molecule has 11 heteroatoms. The summed E-state index contributed by atoms with van der Waals surface area (Å²) in [5, 5.41) is 10.1. The predicted octanol–water partition coefficient (Wildman–Crippen LogP) is 6.11. The fourth-order valence-corrected chi connectivity index (χ4v) is 3.88. The summed E-state index contributed by atoms with van der Waals surface area (Å²) in [6, 6.07) is 8.64. The van der Waals surface area contributed by atoms with Crippen LogP contribution < -0.4 is 15.4 Å². The molecule has 168 valence electrons. The van der Waals surface area contributed by atoms with Gasteiger partial charge < -0.3 is 15.4 Å². The maximum Gasteiger partial charge on any atom is 0.410 e. The van der Waals surface area contributed by atoms with Gasteiger partial charge in [-0.05, 0) is 35.9 Å². The standard InChI is InChI=1S/C21H17Cl2F3N4O2/c1-32-13-4-2-3-11(7-13)17-9-18(21(24,25)26)30-19(29-17)14(10-27-30)20(31)28-12-5-6-15(22)16(23)8-12/h2-8,10,17-18,29H,9H2,1H3,(H,28,31)/t17-,18+/m1/s1. The summed E-state index contributed by atoms with van der Waals surface area (Å²) in [7, 11) is 1.48. The largest absolute Gasteiger partial charge is 0.497 e. The van der Waals surface area contributed by atoms with Crippen LogP contribution in [0.1, 0.15) is 34.4 Å². The third-order valence-electron chi connectivity index (χ3n) is 5.16. The number of ether oxygens (including phenoxy) is 1. The number of methoxy groups -OCH3 is 1. The Labute approximate surface area is 191 Å². The van der Waals surface area contributed by atoms with E-state index < -0.39 is 24.2 Å². The first-order chi connectivity index (χ1) is 15.2. The third-order valence-corrected chi connectivity index (χ3v) is 5.90. The maximum atomic E-state index is 13.9. The van der Waals surface area contributed by atoms with Crippen LogP contribution in [0, 0.1) is 0 Å². The Bertz CT molecular complexity index is 1170. The van der Waals surface area contributed by atoms with Crippen molar-refractivity contribution in [2.45, 2.75) is 24.7 Å². The molecule has 0 saturated heterocycles. The van der Waals surface area contributed by atoms with Crippen LogP contribution in [0.25, 0.3) is 0 Å². The van der Waals surface area contributed by atoms with Gasteiger partial charge in [0.15, 0.2) is 6.04 Å². The molecular weight excluding hydrogens is 468 g/mol. The molecule has 1 amide bonds. The molecule has 3 aromatic rings. The number of amides is 1. The Morgan fingerprint density at radius 2 is 2.00 bits per heavy atom. The highest BCUT2D eigenvalue weighted by Crippen LogP contribution is 2.44. The highest BCUT2D eigenvalue weighted by Gasteiger charge is 2.47. The minimum atomic E-state index is -4.56. The molecule has 2 N–H and O–H groups in total. The van der Waals surface area contributed by atoms with Gasteiger partial charge in [-0.25, -0.2) is 4.68 Å². The summed E-state index contributed by atoms with van der Waals surface area (Å²) in [6.07, 6.45) is -3.74. The zero-order chi connectivity index (χ0) is 23.0. The molecule has 0 bridgehead atoms. The molecule has 1 aliphatic rings. The first kappa shape index (κ1) is 22.3. The maximum absolute atomic E-state index is 13.9. The smallest absolute Gasteiger partial charge is 0.410 e. The molecule has 0 radical (unpaired) electrons. The SMILES string of the molecule is COc1cccc([C@H]2C[C@@H](C(F)(F)F)n3ncc(C(=O)Nc4ccc(Cl)c(Cl)c4)c3N2)c1. The Balaban J connectivity index is 1.69. The van der Waals surface area contributed by atoms with Gasteiger partial charge >= 0.3 is 6.18 Å². The van der Waals surface area contributed by atoms with E-state index in [0.29, 0.717) is 22.0 Å². The molecule has 1 aliphatic heterocycles. The van der Waals surface area contributed by atoms with E-state index >= 15 is 0 Å². The Morgan fingerprint density at radius 3 is 2.69 bits per heavy atom. The molecule has 2 atom stereocenters. The van der Waals surface area contributed by atoms with E-state index in [0.717, 1.165) is 10.9 Å². The average Bonchev–Trinajstić information content (AvgIpc) is 3.19. The van der Waals surface area contributed by atoms with Crippen LogP contribution in [0.2, 0.25) is 10.0 Å². The zero-order valence-corrected chi connectivity index (χ0v) is 18.1. The van der Waals surface area contributed by atoms with E-state index in [1.165, 1.54) is 25.3 Å². The summed E-state index contributed by atoms with van der Waals surface area (Å²) in [5.74, 6) is -0.141. The third kappa shape index (κ3) is 4.35. The van der Waals surface area contributed by atoms with Gasteiger partial charge in [-0.15, -0.1) is 0 Å². The summed E-state index contributed by atoms with van der Waals surface area (Å²) >= 11 is 11.9. The molecule has 0 aliphatic carbocycles. The normalized spacial score (nSPS) is 17.9. The molecule has 0 unspecified atom stereocenters. The number of hydrogen-bond donors (Lipinski definition) is 2. The van der Waals surface area contributed by atoms with Gasteiger partial charge in [-0.3, -0.25) is 4.79 Å². The summed E-state index contributed by atoms with van der Waals surface area (Å²) in [5.41, 5.74) is 0.914. The number of alkyl halides is 3. The quantitative estimate of drug-likeness (QED) is 0.468. The van der Waals surface area contributed by atoms with E-state index in [-0.39, 0.29) is 22.8 Å². The minimum Gasteiger partial charge on any atom is -0.497 e. The number of halogens is 5. The van der Waals surface area contributed by atoms with Gasteiger partial charge in [0.25, 0.3) is 5.91 Å². The van der Waals surface area contributed by atoms with E-state index in [9.17, 15) is 18.0 Å².